The average Bonchev–Trinajstić information content (AvgIpc) is 2.38. The van der Waals surface area contributed by atoms with Crippen LogP contribution < -0.4 is 0 Å². The molecule has 2 rings (SSSR count). The summed E-state index contributed by atoms with van der Waals surface area (Å²) in [6.07, 6.45) is 4.37. The molecular weight excluding hydrogens is 258 g/mol. The lowest BCUT2D eigenvalue weighted by atomic mass is 9.92. The molecule has 2 nitrogen and oxygen atoms in total. The molecule has 0 spiro atoms. The molecule has 0 aromatic heterocycles. The Kier molecular flexibility index (Phi) is 4.51. The summed E-state index contributed by atoms with van der Waals surface area (Å²) in [4.78, 5) is 14.6. The van der Waals surface area contributed by atoms with E-state index in [1.165, 1.54) is 6.42 Å². The van der Waals surface area contributed by atoms with E-state index in [1.54, 1.807) is 0 Å². The topological polar surface area (TPSA) is 20.3 Å². The first kappa shape index (κ1) is 14.4. The molecule has 0 radical (unpaired) electrons. The van der Waals surface area contributed by atoms with Crippen LogP contribution in [0.3, 0.4) is 0 Å². The summed E-state index contributed by atoms with van der Waals surface area (Å²) in [5.74, 6) is 0.105. The summed E-state index contributed by atoms with van der Waals surface area (Å²) in [5.41, 5.74) is 2.91. The molecule has 0 aliphatic heterocycles. The second-order valence-electron chi connectivity index (χ2n) is 5.55. The maximum Gasteiger partial charge on any atom is 0.254 e. The highest BCUT2D eigenvalue weighted by atomic mass is 35.5. The minimum absolute atomic E-state index is 0.0898. The number of carbonyl (C=O) groups excluding carboxylic acids is 1. The second-order valence-corrected chi connectivity index (χ2v) is 6.11. The average molecular weight is 280 g/mol. The summed E-state index contributed by atoms with van der Waals surface area (Å²) in [5, 5.41) is 0.0898. The summed E-state index contributed by atoms with van der Waals surface area (Å²) >= 11 is 6.39. The van der Waals surface area contributed by atoms with E-state index >= 15 is 0 Å². The van der Waals surface area contributed by atoms with Crippen molar-refractivity contribution in [2.75, 3.05) is 7.05 Å². The van der Waals surface area contributed by atoms with Crippen LogP contribution in [0.2, 0.25) is 0 Å². The minimum atomic E-state index is 0.0898. The van der Waals surface area contributed by atoms with E-state index in [0.29, 0.717) is 0 Å². The highest BCUT2D eigenvalue weighted by Crippen LogP contribution is 2.28. The van der Waals surface area contributed by atoms with Crippen molar-refractivity contribution in [1.29, 1.82) is 0 Å². The third-order valence-electron chi connectivity index (χ3n) is 4.16. The first-order valence-corrected chi connectivity index (χ1v) is 7.43. The van der Waals surface area contributed by atoms with Crippen molar-refractivity contribution in [3.8, 4) is 0 Å². The molecule has 1 aromatic carbocycles. The molecule has 0 bridgehead atoms. The maximum absolute atomic E-state index is 12.7. The van der Waals surface area contributed by atoms with Crippen molar-refractivity contribution < 1.29 is 4.79 Å². The summed E-state index contributed by atoms with van der Waals surface area (Å²) in [7, 11) is 1.89. The molecule has 104 valence electrons. The van der Waals surface area contributed by atoms with Crippen LogP contribution >= 0.6 is 11.6 Å². The molecular formula is C16H22ClNO. The molecule has 1 saturated carbocycles. The summed E-state index contributed by atoms with van der Waals surface area (Å²) < 4.78 is 0. The van der Waals surface area contributed by atoms with E-state index in [4.69, 9.17) is 11.6 Å². The number of aryl methyl sites for hydroxylation is 2. The fourth-order valence-electron chi connectivity index (χ4n) is 2.98. The Morgan fingerprint density at radius 3 is 2.37 bits per heavy atom. The van der Waals surface area contributed by atoms with E-state index in [0.717, 1.165) is 36.0 Å². The summed E-state index contributed by atoms with van der Waals surface area (Å²) in [6, 6.07) is 6.15. The second kappa shape index (κ2) is 5.96. The number of nitrogens with zero attached hydrogens (tertiary/aromatic N) is 1. The maximum atomic E-state index is 12.7. The van der Waals surface area contributed by atoms with Crippen LogP contribution in [0.25, 0.3) is 0 Å². The number of amides is 1. The molecule has 1 fully saturated rings. The van der Waals surface area contributed by atoms with Gasteiger partial charge in [0, 0.05) is 18.7 Å². The van der Waals surface area contributed by atoms with Crippen molar-refractivity contribution in [1.82, 2.24) is 4.90 Å². The van der Waals surface area contributed by atoms with Gasteiger partial charge in [0.2, 0.25) is 0 Å². The van der Waals surface area contributed by atoms with Crippen molar-refractivity contribution in [2.45, 2.75) is 50.9 Å². The van der Waals surface area contributed by atoms with Gasteiger partial charge in [0.15, 0.2) is 0 Å². The van der Waals surface area contributed by atoms with Gasteiger partial charge < -0.3 is 4.90 Å². The Hall–Kier alpha value is -1.02. The van der Waals surface area contributed by atoms with Gasteiger partial charge in [0.25, 0.3) is 5.91 Å². The van der Waals surface area contributed by atoms with Crippen LogP contribution in [-0.4, -0.2) is 29.3 Å². The number of rotatable bonds is 2. The third kappa shape index (κ3) is 2.94. The van der Waals surface area contributed by atoms with Gasteiger partial charge in [-0.05, 0) is 37.8 Å². The van der Waals surface area contributed by atoms with Crippen LogP contribution in [0, 0.1) is 13.8 Å². The van der Waals surface area contributed by atoms with Gasteiger partial charge in [-0.1, -0.05) is 31.0 Å². The van der Waals surface area contributed by atoms with Crippen molar-refractivity contribution in [2.24, 2.45) is 0 Å². The Balaban J connectivity index is 2.23. The molecule has 2 unspecified atom stereocenters. The number of benzene rings is 1. The van der Waals surface area contributed by atoms with Gasteiger partial charge in [0.1, 0.15) is 0 Å². The van der Waals surface area contributed by atoms with Gasteiger partial charge in [-0.3, -0.25) is 4.79 Å². The van der Waals surface area contributed by atoms with E-state index < -0.39 is 0 Å². The molecule has 3 heteroatoms. The highest BCUT2D eigenvalue weighted by molar-refractivity contribution is 6.21. The first-order chi connectivity index (χ1) is 9.02. The van der Waals surface area contributed by atoms with Gasteiger partial charge >= 0.3 is 0 Å². The van der Waals surface area contributed by atoms with Gasteiger partial charge in [-0.15, -0.1) is 11.6 Å². The third-order valence-corrected chi connectivity index (χ3v) is 4.67. The molecule has 2 atom stereocenters. The molecule has 1 aliphatic rings. The smallest absolute Gasteiger partial charge is 0.254 e. The number of alkyl halides is 1. The van der Waals surface area contributed by atoms with Crippen LogP contribution in [0.15, 0.2) is 18.2 Å². The highest BCUT2D eigenvalue weighted by Gasteiger charge is 2.30. The van der Waals surface area contributed by atoms with Gasteiger partial charge in [-0.2, -0.15) is 0 Å². The zero-order valence-electron chi connectivity index (χ0n) is 11.9. The molecule has 0 N–H and O–H groups in total. The van der Waals surface area contributed by atoms with Crippen LogP contribution in [-0.2, 0) is 0 Å². The Morgan fingerprint density at radius 2 is 1.79 bits per heavy atom. The Labute approximate surface area is 120 Å². The van der Waals surface area contributed by atoms with Crippen molar-refractivity contribution in [3.63, 3.8) is 0 Å². The normalized spacial score (nSPS) is 23.2. The fourth-order valence-corrected chi connectivity index (χ4v) is 3.43. The predicted octanol–water partition coefficient (Wildman–Crippen LogP) is 3.93. The van der Waals surface area contributed by atoms with E-state index in [9.17, 15) is 4.79 Å². The number of hydrogen-bond acceptors (Lipinski definition) is 1. The minimum Gasteiger partial charge on any atom is -0.337 e. The van der Waals surface area contributed by atoms with E-state index in [1.807, 2.05) is 44.0 Å². The van der Waals surface area contributed by atoms with E-state index in [-0.39, 0.29) is 17.3 Å². The molecule has 0 saturated heterocycles. The van der Waals surface area contributed by atoms with Crippen LogP contribution in [0.4, 0.5) is 0 Å². The van der Waals surface area contributed by atoms with Crippen molar-refractivity contribution in [3.05, 3.63) is 34.9 Å². The van der Waals surface area contributed by atoms with Gasteiger partial charge in [0.05, 0.1) is 5.38 Å². The quantitative estimate of drug-likeness (QED) is 0.751. The summed E-state index contributed by atoms with van der Waals surface area (Å²) in [6.45, 7) is 3.99. The Morgan fingerprint density at radius 1 is 1.21 bits per heavy atom. The van der Waals surface area contributed by atoms with Crippen LogP contribution in [0.1, 0.15) is 47.2 Å². The molecule has 1 aliphatic carbocycles. The largest absolute Gasteiger partial charge is 0.337 e. The van der Waals surface area contributed by atoms with Gasteiger partial charge in [-0.25, -0.2) is 0 Å². The number of carbonyl (C=O) groups is 1. The standard InChI is InChI=1S/C16H22ClNO/c1-11-7-6-8-12(2)15(11)16(19)18(3)14-10-5-4-9-13(14)17/h6-8,13-14H,4-5,9-10H2,1-3H3. The Bertz CT molecular complexity index is 452. The zero-order chi connectivity index (χ0) is 14.0. The molecule has 0 heterocycles. The van der Waals surface area contributed by atoms with Crippen LogP contribution in [0.5, 0.6) is 0 Å². The number of halogens is 1. The number of hydrogen-bond donors (Lipinski definition) is 0. The lowest BCUT2D eigenvalue weighted by Crippen LogP contribution is -2.44. The molecule has 19 heavy (non-hydrogen) atoms. The monoisotopic (exact) mass is 279 g/mol. The first-order valence-electron chi connectivity index (χ1n) is 7.00. The van der Waals surface area contributed by atoms with E-state index in [2.05, 4.69) is 0 Å². The molecule has 1 amide bonds. The zero-order valence-corrected chi connectivity index (χ0v) is 12.7. The lowest BCUT2D eigenvalue weighted by molar-refractivity contribution is 0.0699. The fraction of sp³-hybridized carbons (Fsp3) is 0.562. The molecule has 1 aromatic rings. The van der Waals surface area contributed by atoms with Crippen molar-refractivity contribution >= 4 is 17.5 Å². The SMILES string of the molecule is Cc1cccc(C)c1C(=O)N(C)C1CCCCC1Cl. The predicted molar refractivity (Wildman–Crippen MR) is 79.9 cm³/mol. The lowest BCUT2D eigenvalue weighted by Gasteiger charge is -2.35.